The number of nitrogens with zero attached hydrogens (tertiary/aromatic N) is 3. The molecule has 4 atom stereocenters. The predicted octanol–water partition coefficient (Wildman–Crippen LogP) is 10.3. The molecule has 7 heterocycles. The largest absolute Gasteiger partial charge is 0.477 e. The zero-order valence-electron chi connectivity index (χ0n) is 40.6. The molecule has 16 nitrogen and oxygen atoms in total. The summed E-state index contributed by atoms with van der Waals surface area (Å²) in [6.45, 7) is 7.16. The molecule has 8 aromatic rings. The van der Waals surface area contributed by atoms with Gasteiger partial charge in [-0.2, -0.15) is 0 Å². The number of fused-ring (bicyclic) bond motifs is 7. The minimum Gasteiger partial charge on any atom is -0.469 e. The summed E-state index contributed by atoms with van der Waals surface area (Å²) in [5, 5.41) is 21.9. The monoisotopic (exact) mass is 1000 g/mol. The molecule has 372 valence electrons. The molecule has 0 saturated carbocycles. The smallest absolute Gasteiger partial charge is 0.469 e. The number of carbonyl (C=O) groups is 2. The van der Waals surface area contributed by atoms with Crippen molar-refractivity contribution in [1.82, 2.24) is 25.2 Å². The Labute approximate surface area is 420 Å². The van der Waals surface area contributed by atoms with Gasteiger partial charge in [-0.1, -0.05) is 131 Å². The number of para-hydroxylation sites is 1. The lowest BCUT2D eigenvalue weighted by atomic mass is 9.72. The SMILES string of the molecule is CCC(O)(CC)C(=O)N[C@H]1Cc2ccc3c(c2)[C@]24c5cccc(c5NC2O3)-c2cccc3c2c(cn3COP(=O)(OCc2ccccc2)OCc2ccccc2)-c2cnc(o2)-c2nc(oc24)[C@H](C(C)C)NC1=O. The van der Waals surface area contributed by atoms with Gasteiger partial charge in [0.15, 0.2) is 23.4 Å². The lowest BCUT2D eigenvalue weighted by Crippen LogP contribution is -2.55. The van der Waals surface area contributed by atoms with Gasteiger partial charge in [0.25, 0.3) is 5.91 Å². The van der Waals surface area contributed by atoms with Crippen LogP contribution in [0.3, 0.4) is 0 Å². The van der Waals surface area contributed by atoms with Crippen LogP contribution in [0.25, 0.3) is 44.9 Å². The van der Waals surface area contributed by atoms with E-state index in [0.29, 0.717) is 28.5 Å². The van der Waals surface area contributed by atoms with Crippen LogP contribution in [-0.2, 0) is 59.5 Å². The molecule has 0 fully saturated rings. The summed E-state index contributed by atoms with van der Waals surface area (Å²) in [4.78, 5) is 38.4. The van der Waals surface area contributed by atoms with Crippen molar-refractivity contribution in [2.24, 2.45) is 5.92 Å². The van der Waals surface area contributed by atoms with Gasteiger partial charge in [-0.3, -0.25) is 23.2 Å². The van der Waals surface area contributed by atoms with Crippen LogP contribution in [0.15, 0.2) is 136 Å². The highest BCUT2D eigenvalue weighted by molar-refractivity contribution is 7.48. The van der Waals surface area contributed by atoms with E-state index in [4.69, 9.17) is 37.1 Å². The van der Waals surface area contributed by atoms with Crippen molar-refractivity contribution in [2.75, 3.05) is 5.32 Å². The number of hydrogen-bond acceptors (Lipinski definition) is 13. The molecule has 73 heavy (non-hydrogen) atoms. The maximum Gasteiger partial charge on any atom is 0.477 e. The topological polar surface area (TPSA) is 201 Å². The molecule has 10 bridgehead atoms. The predicted molar refractivity (Wildman–Crippen MR) is 271 cm³/mol. The normalized spacial score (nSPS) is 19.4. The quantitative estimate of drug-likeness (QED) is 0.0751. The Bertz CT molecular complexity index is 3450. The summed E-state index contributed by atoms with van der Waals surface area (Å²) < 4.78 is 55.6. The number of ether oxygens (including phenoxy) is 1. The molecule has 1 spiro atoms. The third kappa shape index (κ3) is 7.78. The van der Waals surface area contributed by atoms with Gasteiger partial charge in [-0.15, -0.1) is 0 Å². The lowest BCUT2D eigenvalue weighted by molar-refractivity contribution is -0.143. The Morgan fingerprint density at radius 2 is 1.59 bits per heavy atom. The minimum absolute atomic E-state index is 0.00224. The fourth-order valence-electron chi connectivity index (χ4n) is 10.7. The molecular formula is C56H53N6O10P. The summed E-state index contributed by atoms with van der Waals surface area (Å²) in [5.74, 6) is 0.448. The maximum atomic E-state index is 14.6. The van der Waals surface area contributed by atoms with Crippen molar-refractivity contribution in [2.45, 2.75) is 96.2 Å². The van der Waals surface area contributed by atoms with Crippen LogP contribution in [0.4, 0.5) is 5.69 Å². The molecule has 0 radical (unpaired) electrons. The molecule has 3 aromatic heterocycles. The highest BCUT2D eigenvalue weighted by Gasteiger charge is 2.62. The van der Waals surface area contributed by atoms with E-state index in [0.717, 1.165) is 55.5 Å². The molecule has 2 amide bonds. The van der Waals surface area contributed by atoms with Crippen LogP contribution in [0.1, 0.15) is 86.0 Å². The average molecular weight is 1000 g/mol. The summed E-state index contributed by atoms with van der Waals surface area (Å²) in [6, 6.07) is 34.9. The van der Waals surface area contributed by atoms with E-state index in [-0.39, 0.29) is 56.9 Å². The maximum absolute atomic E-state index is 14.6. The molecule has 0 aliphatic carbocycles. The van der Waals surface area contributed by atoms with Gasteiger partial charge in [0.05, 0.1) is 24.9 Å². The molecule has 17 heteroatoms. The lowest BCUT2D eigenvalue weighted by Gasteiger charge is -2.30. The number of nitrogens with one attached hydrogen (secondary N) is 3. The second kappa shape index (κ2) is 18.0. The van der Waals surface area contributed by atoms with Gasteiger partial charge < -0.3 is 39.2 Å². The number of benzene rings is 5. The van der Waals surface area contributed by atoms with Crippen molar-refractivity contribution >= 4 is 36.2 Å². The van der Waals surface area contributed by atoms with E-state index in [1.165, 1.54) is 0 Å². The number of aromatic nitrogens is 3. The number of amides is 2. The third-order valence-electron chi connectivity index (χ3n) is 14.7. The van der Waals surface area contributed by atoms with Gasteiger partial charge in [0, 0.05) is 45.9 Å². The number of aliphatic hydroxyl groups is 1. The standard InChI is InChI=1S/C56H53N6O10P/c1-5-55(65,6-2)53(64)58-41-26-35-23-24-43-40(25-35)56-39-21-13-20-37(47(39)61-54(56)71-43)36-19-14-22-42-45(36)38(44-27-57-51(70-44)48-49(56)72-52(60-48)46(32(3)4)59-50(41)63)28-62(42)31-69-73(66,67-29-33-15-9-7-10-16-33)68-30-34-17-11-8-12-18-34/h7-25,27-28,32,41,46,54,61,65H,5-6,26,29-31H2,1-4H3,(H,58,64)(H,59,63)/t41-,46-,54?,56-/m0/s1. The van der Waals surface area contributed by atoms with E-state index in [9.17, 15) is 19.3 Å². The Balaban J connectivity index is 1.01. The van der Waals surface area contributed by atoms with Crippen LogP contribution >= 0.6 is 7.82 Å². The Kier molecular flexibility index (Phi) is 11.5. The van der Waals surface area contributed by atoms with E-state index in [1.807, 2.05) is 128 Å². The molecule has 12 rings (SSSR count). The van der Waals surface area contributed by atoms with Crippen molar-refractivity contribution in [3.63, 3.8) is 0 Å². The van der Waals surface area contributed by atoms with Gasteiger partial charge >= 0.3 is 7.82 Å². The van der Waals surface area contributed by atoms with Gasteiger partial charge in [-0.05, 0) is 53.1 Å². The molecule has 4 N–H and O–H groups in total. The molecule has 4 aliphatic heterocycles. The summed E-state index contributed by atoms with van der Waals surface area (Å²) >= 11 is 0. The highest BCUT2D eigenvalue weighted by atomic mass is 31.2. The van der Waals surface area contributed by atoms with E-state index in [2.05, 4.69) is 28.1 Å². The fraction of sp³-hybridized carbons (Fsp3) is 0.286. The van der Waals surface area contributed by atoms with Crippen molar-refractivity contribution in [3.05, 3.63) is 167 Å². The van der Waals surface area contributed by atoms with Crippen LogP contribution in [-0.4, -0.2) is 49.3 Å². The molecule has 0 saturated heterocycles. The number of anilines is 1. The first-order valence-electron chi connectivity index (χ1n) is 24.6. The second-order valence-electron chi connectivity index (χ2n) is 19.4. The first kappa shape index (κ1) is 46.7. The van der Waals surface area contributed by atoms with Crippen molar-refractivity contribution in [3.8, 4) is 39.8 Å². The number of rotatable bonds is 14. The number of hydrogen-bond donors (Lipinski definition) is 4. The van der Waals surface area contributed by atoms with Gasteiger partial charge in [0.1, 0.15) is 35.6 Å². The molecule has 4 aliphatic rings. The summed E-state index contributed by atoms with van der Waals surface area (Å²) in [5.41, 5.74) is 5.36. The average Bonchev–Trinajstić information content (AvgIpc) is 4.27. The van der Waals surface area contributed by atoms with E-state index < -0.39 is 49.0 Å². The van der Waals surface area contributed by atoms with Crippen LogP contribution in [0.5, 0.6) is 5.75 Å². The van der Waals surface area contributed by atoms with Crippen LogP contribution in [0.2, 0.25) is 0 Å². The number of phosphoric ester groups is 1. The molecule has 1 unspecified atom stereocenters. The van der Waals surface area contributed by atoms with Gasteiger partial charge in [0.2, 0.25) is 17.7 Å². The minimum atomic E-state index is -4.20. The highest BCUT2D eigenvalue weighted by Crippen LogP contribution is 2.62. The zero-order valence-corrected chi connectivity index (χ0v) is 41.5. The zero-order chi connectivity index (χ0) is 50.2. The second-order valence-corrected chi connectivity index (χ2v) is 21.1. The Morgan fingerprint density at radius 1 is 0.877 bits per heavy atom. The fourth-order valence-corrected chi connectivity index (χ4v) is 11.8. The molecular weight excluding hydrogens is 948 g/mol. The van der Waals surface area contributed by atoms with E-state index >= 15 is 0 Å². The van der Waals surface area contributed by atoms with Crippen LogP contribution in [0, 0.1) is 5.92 Å². The van der Waals surface area contributed by atoms with Crippen LogP contribution < -0.4 is 20.7 Å². The number of phosphoric acid groups is 1. The summed E-state index contributed by atoms with van der Waals surface area (Å²) in [7, 11) is -4.20. The van der Waals surface area contributed by atoms with Gasteiger partial charge in [-0.25, -0.2) is 14.5 Å². The third-order valence-corrected chi connectivity index (χ3v) is 16.1. The summed E-state index contributed by atoms with van der Waals surface area (Å²) in [6.07, 6.45) is 3.23. The number of oxazole rings is 2. The Morgan fingerprint density at radius 3 is 2.30 bits per heavy atom. The van der Waals surface area contributed by atoms with Crippen molar-refractivity contribution < 1.29 is 46.4 Å². The van der Waals surface area contributed by atoms with E-state index in [1.54, 1.807) is 20.0 Å². The molecule has 5 aromatic carbocycles. The first-order chi connectivity index (χ1) is 35.4. The Hall–Kier alpha value is -7.33. The number of carbonyl (C=O) groups excluding carboxylic acids is 2. The van der Waals surface area contributed by atoms with Crippen molar-refractivity contribution in [1.29, 1.82) is 0 Å². The first-order valence-corrected chi connectivity index (χ1v) is 26.1.